The first-order valence-corrected chi connectivity index (χ1v) is 6.77. The Balaban J connectivity index is 2.74. The molecule has 0 spiro atoms. The number of nitrogens with one attached hydrogen (secondary N) is 2. The van der Waals surface area contributed by atoms with Gasteiger partial charge in [0.2, 0.25) is 0 Å². The molecule has 21 heavy (non-hydrogen) atoms. The topological polar surface area (TPSA) is 105 Å². The maximum absolute atomic E-state index is 11.9. The Kier molecular flexibility index (Phi) is 6.10. The summed E-state index contributed by atoms with van der Waals surface area (Å²) in [6, 6.07) is 3.44. The maximum Gasteiger partial charge on any atom is 0.319 e. The second kappa shape index (κ2) is 7.58. The summed E-state index contributed by atoms with van der Waals surface area (Å²) in [5.41, 5.74) is 1.01. The van der Waals surface area contributed by atoms with Crippen LogP contribution in [0.3, 0.4) is 0 Å². The van der Waals surface area contributed by atoms with E-state index in [9.17, 15) is 20.0 Å². The third-order valence-electron chi connectivity index (χ3n) is 2.99. The number of carbonyl (C=O) groups is 1. The van der Waals surface area contributed by atoms with Crippen molar-refractivity contribution in [2.45, 2.75) is 33.2 Å². The van der Waals surface area contributed by atoms with E-state index in [1.54, 1.807) is 13.0 Å². The molecule has 0 aliphatic rings. The summed E-state index contributed by atoms with van der Waals surface area (Å²) >= 11 is 0. The quantitative estimate of drug-likeness (QED) is 0.553. The second-order valence-corrected chi connectivity index (χ2v) is 5.36. The number of hydrogen-bond donors (Lipinski definition) is 3. The van der Waals surface area contributed by atoms with Gasteiger partial charge >= 0.3 is 6.03 Å². The van der Waals surface area contributed by atoms with E-state index >= 15 is 0 Å². The molecule has 0 saturated carbocycles. The minimum Gasteiger partial charge on any atom is -0.394 e. The molecule has 1 rings (SSSR count). The number of aliphatic hydroxyl groups excluding tert-OH is 1. The lowest BCUT2D eigenvalue weighted by Gasteiger charge is -2.19. The summed E-state index contributed by atoms with van der Waals surface area (Å²) in [6.07, 6.45) is 0.651. The van der Waals surface area contributed by atoms with Gasteiger partial charge in [-0.05, 0) is 24.8 Å². The number of amides is 2. The van der Waals surface area contributed by atoms with Crippen LogP contribution < -0.4 is 10.6 Å². The summed E-state index contributed by atoms with van der Waals surface area (Å²) in [5, 5.41) is 25.2. The Morgan fingerprint density at radius 2 is 2.10 bits per heavy atom. The first kappa shape index (κ1) is 16.9. The average molecular weight is 295 g/mol. The first-order chi connectivity index (χ1) is 9.83. The molecule has 0 aliphatic carbocycles. The lowest BCUT2D eigenvalue weighted by atomic mass is 10.0. The predicted octanol–water partition coefficient (Wildman–Crippen LogP) is 2.43. The zero-order chi connectivity index (χ0) is 16.0. The van der Waals surface area contributed by atoms with Crippen molar-refractivity contribution in [2.75, 3.05) is 11.9 Å². The number of carbonyl (C=O) groups excluding carboxylic acids is 1. The highest BCUT2D eigenvalue weighted by molar-refractivity contribution is 5.90. The summed E-state index contributed by atoms with van der Waals surface area (Å²) in [4.78, 5) is 22.1. The van der Waals surface area contributed by atoms with Crippen molar-refractivity contribution in [3.63, 3.8) is 0 Å². The fraction of sp³-hybridized carbons (Fsp3) is 0.500. The van der Waals surface area contributed by atoms with Gasteiger partial charge in [0.25, 0.3) is 5.69 Å². The van der Waals surface area contributed by atoms with E-state index < -0.39 is 11.0 Å². The van der Waals surface area contributed by atoms with E-state index in [-0.39, 0.29) is 18.3 Å². The average Bonchev–Trinajstić information content (AvgIpc) is 2.39. The first-order valence-electron chi connectivity index (χ1n) is 6.77. The lowest BCUT2D eigenvalue weighted by Crippen LogP contribution is -2.41. The van der Waals surface area contributed by atoms with Crippen LogP contribution in [0.4, 0.5) is 16.2 Å². The number of nitro benzene ring substituents is 1. The summed E-state index contributed by atoms with van der Waals surface area (Å²) in [7, 11) is 0. The molecule has 7 nitrogen and oxygen atoms in total. The predicted molar refractivity (Wildman–Crippen MR) is 80.3 cm³/mol. The molecule has 1 aromatic rings. The number of anilines is 1. The minimum absolute atomic E-state index is 0.0863. The molecule has 0 heterocycles. The molecule has 0 aromatic heterocycles. The fourth-order valence-electron chi connectivity index (χ4n) is 1.95. The van der Waals surface area contributed by atoms with E-state index in [1.807, 2.05) is 13.8 Å². The van der Waals surface area contributed by atoms with Gasteiger partial charge in [-0.15, -0.1) is 0 Å². The van der Waals surface area contributed by atoms with Crippen LogP contribution in [0.1, 0.15) is 25.8 Å². The van der Waals surface area contributed by atoms with Crippen LogP contribution in [0.5, 0.6) is 0 Å². The molecule has 0 saturated heterocycles. The van der Waals surface area contributed by atoms with Crippen molar-refractivity contribution < 1.29 is 14.8 Å². The smallest absolute Gasteiger partial charge is 0.319 e. The number of rotatable bonds is 6. The van der Waals surface area contributed by atoms with Crippen LogP contribution in [-0.4, -0.2) is 28.7 Å². The number of urea groups is 1. The summed E-state index contributed by atoms with van der Waals surface area (Å²) < 4.78 is 0. The van der Waals surface area contributed by atoms with Gasteiger partial charge in [0, 0.05) is 12.1 Å². The normalized spacial score (nSPS) is 12.0. The molecule has 0 fully saturated rings. The highest BCUT2D eigenvalue weighted by Gasteiger charge is 2.15. The van der Waals surface area contributed by atoms with E-state index in [4.69, 9.17) is 0 Å². The number of aryl methyl sites for hydroxylation is 1. The van der Waals surface area contributed by atoms with Crippen LogP contribution >= 0.6 is 0 Å². The van der Waals surface area contributed by atoms with E-state index in [2.05, 4.69) is 10.6 Å². The van der Waals surface area contributed by atoms with Gasteiger partial charge in [-0.2, -0.15) is 0 Å². The molecule has 116 valence electrons. The van der Waals surface area contributed by atoms with Crippen molar-refractivity contribution in [1.82, 2.24) is 5.32 Å². The Labute approximate surface area is 123 Å². The SMILES string of the molecule is Cc1ccc([N+](=O)[O-])cc1NC(=O)NC(CO)CC(C)C. The third-order valence-corrected chi connectivity index (χ3v) is 2.99. The number of aliphatic hydroxyl groups is 1. The Bertz CT molecular complexity index is 517. The molecule has 3 N–H and O–H groups in total. The van der Waals surface area contributed by atoms with E-state index in [1.165, 1.54) is 12.1 Å². The Hall–Kier alpha value is -2.15. The van der Waals surface area contributed by atoms with Crippen molar-refractivity contribution in [3.05, 3.63) is 33.9 Å². The molecule has 0 aliphatic heterocycles. The van der Waals surface area contributed by atoms with Gasteiger partial charge in [0.15, 0.2) is 0 Å². The molecular formula is C14H21N3O4. The van der Waals surface area contributed by atoms with Crippen LogP contribution in [0, 0.1) is 23.0 Å². The third kappa shape index (κ3) is 5.39. The largest absolute Gasteiger partial charge is 0.394 e. The number of hydrogen-bond acceptors (Lipinski definition) is 4. The van der Waals surface area contributed by atoms with Crippen molar-refractivity contribution in [3.8, 4) is 0 Å². The molecule has 2 amide bonds. The van der Waals surface area contributed by atoms with Crippen LogP contribution in [0.25, 0.3) is 0 Å². The van der Waals surface area contributed by atoms with Crippen molar-refractivity contribution >= 4 is 17.4 Å². The molecule has 1 aromatic carbocycles. The molecule has 1 atom stereocenters. The highest BCUT2D eigenvalue weighted by atomic mass is 16.6. The maximum atomic E-state index is 11.9. The summed E-state index contributed by atoms with van der Waals surface area (Å²) in [5.74, 6) is 0.335. The van der Waals surface area contributed by atoms with Crippen LogP contribution in [0.15, 0.2) is 18.2 Å². The zero-order valence-electron chi connectivity index (χ0n) is 12.4. The lowest BCUT2D eigenvalue weighted by molar-refractivity contribution is -0.384. The molecular weight excluding hydrogens is 274 g/mol. The molecule has 0 radical (unpaired) electrons. The standard InChI is InChI=1S/C14H21N3O4/c1-9(2)6-11(8-18)15-14(19)16-13-7-12(17(20)21)5-4-10(13)3/h4-5,7,9,11,18H,6,8H2,1-3H3,(H2,15,16,19). The van der Waals surface area contributed by atoms with Crippen molar-refractivity contribution in [1.29, 1.82) is 0 Å². The number of non-ortho nitro benzene ring substituents is 1. The monoisotopic (exact) mass is 295 g/mol. The molecule has 7 heteroatoms. The Morgan fingerprint density at radius 3 is 2.62 bits per heavy atom. The van der Waals surface area contributed by atoms with Gasteiger partial charge in [0.1, 0.15) is 0 Å². The van der Waals surface area contributed by atoms with Gasteiger partial charge in [0.05, 0.1) is 23.3 Å². The van der Waals surface area contributed by atoms with Gasteiger partial charge < -0.3 is 15.7 Å². The molecule has 1 unspecified atom stereocenters. The zero-order valence-corrected chi connectivity index (χ0v) is 12.4. The van der Waals surface area contributed by atoms with Gasteiger partial charge in [-0.25, -0.2) is 4.79 Å². The minimum atomic E-state index is -0.516. The van der Waals surface area contributed by atoms with Gasteiger partial charge in [-0.3, -0.25) is 10.1 Å². The Morgan fingerprint density at radius 1 is 1.43 bits per heavy atom. The van der Waals surface area contributed by atoms with E-state index in [0.29, 0.717) is 18.0 Å². The number of benzene rings is 1. The van der Waals surface area contributed by atoms with Crippen LogP contribution in [-0.2, 0) is 0 Å². The molecule has 0 bridgehead atoms. The fourth-order valence-corrected chi connectivity index (χ4v) is 1.95. The number of nitro groups is 1. The van der Waals surface area contributed by atoms with Crippen LogP contribution in [0.2, 0.25) is 0 Å². The van der Waals surface area contributed by atoms with Crippen molar-refractivity contribution in [2.24, 2.45) is 5.92 Å². The highest BCUT2D eigenvalue weighted by Crippen LogP contribution is 2.21. The number of nitrogens with zero attached hydrogens (tertiary/aromatic N) is 1. The summed E-state index contributed by atoms with van der Waals surface area (Å²) in [6.45, 7) is 5.58. The van der Waals surface area contributed by atoms with Gasteiger partial charge in [-0.1, -0.05) is 19.9 Å². The second-order valence-electron chi connectivity index (χ2n) is 5.36. The van der Waals surface area contributed by atoms with E-state index in [0.717, 1.165) is 5.56 Å².